The highest BCUT2D eigenvalue weighted by Crippen LogP contribution is 2.31. The van der Waals surface area contributed by atoms with Crippen molar-refractivity contribution < 1.29 is 9.53 Å². The molecule has 2 rings (SSSR count). The minimum Gasteiger partial charge on any atom is -0.465 e. The van der Waals surface area contributed by atoms with Crippen molar-refractivity contribution in [3.05, 3.63) is 45.6 Å². The van der Waals surface area contributed by atoms with Gasteiger partial charge in [0.05, 0.1) is 29.7 Å². The number of nitrogens with two attached hydrogens (primary N) is 1. The summed E-state index contributed by atoms with van der Waals surface area (Å²) in [4.78, 5) is 15.9. The molecule has 0 spiro atoms. The number of anilines is 3. The maximum absolute atomic E-state index is 11.8. The van der Waals surface area contributed by atoms with Crippen molar-refractivity contribution in [2.24, 2.45) is 0 Å². The number of carbonyl (C=O) groups excluding carboxylic acids is 1. The molecule has 0 aliphatic carbocycles. The summed E-state index contributed by atoms with van der Waals surface area (Å²) in [6, 6.07) is 4.87. The van der Waals surface area contributed by atoms with E-state index in [2.05, 4.69) is 10.3 Å². The van der Waals surface area contributed by atoms with Crippen LogP contribution in [0.2, 0.25) is 10.0 Å². The van der Waals surface area contributed by atoms with Gasteiger partial charge in [0.15, 0.2) is 0 Å². The highest BCUT2D eigenvalue weighted by molar-refractivity contribution is 6.35. The normalized spacial score (nSPS) is 10.3. The summed E-state index contributed by atoms with van der Waals surface area (Å²) in [5.74, 6) is -0.260. The highest BCUT2D eigenvalue weighted by atomic mass is 35.5. The Morgan fingerprint density at radius 3 is 2.67 bits per heavy atom. The molecule has 2 aromatic rings. The minimum atomic E-state index is -0.549. The van der Waals surface area contributed by atoms with Gasteiger partial charge in [0.25, 0.3) is 0 Å². The first-order valence-corrected chi connectivity index (χ1v) is 6.74. The van der Waals surface area contributed by atoms with E-state index in [9.17, 15) is 4.79 Å². The van der Waals surface area contributed by atoms with E-state index < -0.39 is 5.97 Å². The summed E-state index contributed by atoms with van der Waals surface area (Å²) in [5.41, 5.74) is 7.60. The quantitative estimate of drug-likeness (QED) is 0.839. The highest BCUT2D eigenvalue weighted by Gasteiger charge is 2.15. The van der Waals surface area contributed by atoms with Gasteiger partial charge in [-0.3, -0.25) is 0 Å². The van der Waals surface area contributed by atoms with Crippen molar-refractivity contribution >= 4 is 46.4 Å². The number of esters is 1. The number of pyridine rings is 1. The minimum absolute atomic E-state index is 0.213. The van der Waals surface area contributed by atoms with Crippen LogP contribution in [0.3, 0.4) is 0 Å². The largest absolute Gasteiger partial charge is 0.465 e. The van der Waals surface area contributed by atoms with Gasteiger partial charge < -0.3 is 15.8 Å². The van der Waals surface area contributed by atoms with E-state index in [1.807, 2.05) is 6.92 Å². The maximum atomic E-state index is 11.8. The topological polar surface area (TPSA) is 77.2 Å². The fourth-order valence-corrected chi connectivity index (χ4v) is 2.14. The Morgan fingerprint density at radius 2 is 2.00 bits per heavy atom. The van der Waals surface area contributed by atoms with Crippen LogP contribution in [0.15, 0.2) is 24.4 Å². The molecule has 0 unspecified atom stereocenters. The Balaban J connectivity index is 2.44. The van der Waals surface area contributed by atoms with Gasteiger partial charge in [-0.2, -0.15) is 0 Å². The third-order valence-electron chi connectivity index (χ3n) is 2.82. The average Bonchev–Trinajstić information content (AvgIpc) is 2.45. The molecule has 1 aromatic heterocycles. The summed E-state index contributed by atoms with van der Waals surface area (Å²) < 4.78 is 4.71. The third-order valence-corrected chi connectivity index (χ3v) is 3.54. The number of methoxy groups -OCH3 is 1. The molecule has 1 aromatic carbocycles. The molecule has 7 heteroatoms. The molecule has 110 valence electrons. The van der Waals surface area contributed by atoms with E-state index in [-0.39, 0.29) is 11.4 Å². The molecule has 0 aliphatic heterocycles. The van der Waals surface area contributed by atoms with Crippen molar-refractivity contribution in [1.29, 1.82) is 0 Å². The molecule has 0 saturated heterocycles. The molecule has 0 atom stereocenters. The predicted octanol–water partition coefficient (Wildman–Crippen LogP) is 3.81. The van der Waals surface area contributed by atoms with Crippen LogP contribution < -0.4 is 11.1 Å². The second-order valence-electron chi connectivity index (χ2n) is 4.36. The van der Waals surface area contributed by atoms with Crippen molar-refractivity contribution in [3.63, 3.8) is 0 Å². The van der Waals surface area contributed by atoms with Crippen LogP contribution in [0.4, 0.5) is 17.2 Å². The number of nitrogens with one attached hydrogen (secondary N) is 1. The molecule has 3 N–H and O–H groups in total. The van der Waals surface area contributed by atoms with Crippen LogP contribution in [0.5, 0.6) is 0 Å². The van der Waals surface area contributed by atoms with Crippen LogP contribution in [0.1, 0.15) is 15.9 Å². The van der Waals surface area contributed by atoms with E-state index >= 15 is 0 Å². The van der Waals surface area contributed by atoms with Gasteiger partial charge in [-0.05, 0) is 30.7 Å². The fourth-order valence-electron chi connectivity index (χ4n) is 1.72. The number of rotatable bonds is 3. The Kier molecular flexibility index (Phi) is 4.55. The average molecular weight is 326 g/mol. The number of carbonyl (C=O) groups is 1. The monoisotopic (exact) mass is 325 g/mol. The Hall–Kier alpha value is -1.98. The number of hydrogen-bond acceptors (Lipinski definition) is 5. The number of nitrogen functional groups attached to an aromatic ring is 1. The summed E-state index contributed by atoms with van der Waals surface area (Å²) in [7, 11) is 1.28. The number of hydrogen-bond donors (Lipinski definition) is 2. The zero-order valence-electron chi connectivity index (χ0n) is 11.4. The summed E-state index contributed by atoms with van der Waals surface area (Å²) in [6.45, 7) is 1.85. The van der Waals surface area contributed by atoms with Gasteiger partial charge in [-0.25, -0.2) is 9.78 Å². The van der Waals surface area contributed by atoms with E-state index in [0.29, 0.717) is 21.4 Å². The van der Waals surface area contributed by atoms with Gasteiger partial charge in [0, 0.05) is 5.02 Å². The second kappa shape index (κ2) is 6.20. The van der Waals surface area contributed by atoms with Gasteiger partial charge in [0.2, 0.25) is 0 Å². The zero-order chi connectivity index (χ0) is 15.6. The first kappa shape index (κ1) is 15.4. The van der Waals surface area contributed by atoms with Crippen LogP contribution in [-0.2, 0) is 4.74 Å². The standard InChI is InChI=1S/C14H13Cl2N3O2/c1-7-3-11(16)12(5-10(7)15)19-13-9(14(20)21-2)4-8(17)6-18-13/h3-6H,17H2,1-2H3,(H,18,19). The van der Waals surface area contributed by atoms with Crippen LogP contribution in [0.25, 0.3) is 0 Å². The first-order valence-electron chi connectivity index (χ1n) is 5.99. The second-order valence-corrected chi connectivity index (χ2v) is 5.18. The molecule has 1 heterocycles. The van der Waals surface area contributed by atoms with Gasteiger partial charge in [-0.15, -0.1) is 0 Å². The number of ether oxygens (including phenoxy) is 1. The van der Waals surface area contributed by atoms with E-state index in [0.717, 1.165) is 5.56 Å². The molecular weight excluding hydrogens is 313 g/mol. The van der Waals surface area contributed by atoms with Crippen molar-refractivity contribution in [2.45, 2.75) is 6.92 Å². The lowest BCUT2D eigenvalue weighted by molar-refractivity contribution is 0.0601. The number of benzene rings is 1. The number of nitrogens with zero attached hydrogens (tertiary/aromatic N) is 1. The van der Waals surface area contributed by atoms with Crippen molar-refractivity contribution in [1.82, 2.24) is 4.98 Å². The fraction of sp³-hybridized carbons (Fsp3) is 0.143. The smallest absolute Gasteiger partial charge is 0.341 e. The predicted molar refractivity (Wildman–Crippen MR) is 84.5 cm³/mol. The van der Waals surface area contributed by atoms with Crippen LogP contribution in [-0.4, -0.2) is 18.1 Å². The van der Waals surface area contributed by atoms with Gasteiger partial charge >= 0.3 is 5.97 Å². The van der Waals surface area contributed by atoms with Gasteiger partial charge in [-0.1, -0.05) is 23.2 Å². The molecule has 0 saturated carbocycles. The lowest BCUT2D eigenvalue weighted by Crippen LogP contribution is -2.08. The lowest BCUT2D eigenvalue weighted by atomic mass is 10.2. The maximum Gasteiger partial charge on any atom is 0.341 e. The lowest BCUT2D eigenvalue weighted by Gasteiger charge is -2.12. The SMILES string of the molecule is COC(=O)c1cc(N)cnc1Nc1cc(Cl)c(C)cc1Cl. The Bertz CT molecular complexity index is 705. The molecule has 5 nitrogen and oxygen atoms in total. The van der Waals surface area contributed by atoms with Crippen LogP contribution >= 0.6 is 23.2 Å². The number of aryl methyl sites for hydroxylation is 1. The van der Waals surface area contributed by atoms with Crippen molar-refractivity contribution in [2.75, 3.05) is 18.2 Å². The number of aromatic nitrogens is 1. The first-order chi connectivity index (χ1) is 9.92. The summed E-state index contributed by atoms with van der Waals surface area (Å²) in [6.07, 6.45) is 1.43. The molecule has 21 heavy (non-hydrogen) atoms. The molecule has 0 bridgehead atoms. The molecule has 0 radical (unpaired) electrons. The molecule has 0 aliphatic rings. The van der Waals surface area contributed by atoms with E-state index in [4.69, 9.17) is 33.7 Å². The Morgan fingerprint density at radius 1 is 1.29 bits per heavy atom. The molecule has 0 fully saturated rings. The van der Waals surface area contributed by atoms with Gasteiger partial charge in [0.1, 0.15) is 11.4 Å². The molecule has 0 amide bonds. The van der Waals surface area contributed by atoms with E-state index in [1.54, 1.807) is 12.1 Å². The summed E-state index contributed by atoms with van der Waals surface area (Å²) in [5, 5.41) is 3.98. The van der Waals surface area contributed by atoms with E-state index in [1.165, 1.54) is 19.4 Å². The van der Waals surface area contributed by atoms with Crippen molar-refractivity contribution in [3.8, 4) is 0 Å². The zero-order valence-corrected chi connectivity index (χ0v) is 12.9. The van der Waals surface area contributed by atoms with Crippen LogP contribution in [0, 0.1) is 6.92 Å². The molecular formula is C14H13Cl2N3O2. The number of halogens is 2. The summed E-state index contributed by atoms with van der Waals surface area (Å²) >= 11 is 12.2. The third kappa shape index (κ3) is 3.37. The Labute approximate surface area is 132 Å².